The molecule has 1 aromatic rings. The molecule has 0 aliphatic carbocycles. The molecule has 3 atom stereocenters. The molecule has 0 saturated carbocycles. The zero-order chi connectivity index (χ0) is 12.4. The lowest BCUT2D eigenvalue weighted by atomic mass is 10.2. The van der Waals surface area contributed by atoms with Crippen LogP contribution in [0.5, 0.6) is 0 Å². The fraction of sp³-hybridized carbons (Fsp3) is 0.583. The van der Waals surface area contributed by atoms with E-state index in [-0.39, 0.29) is 5.25 Å². The normalized spacial score (nSPS) is 29.2. The number of carbonyl (C=O) groups is 1. The van der Waals surface area contributed by atoms with Gasteiger partial charge in [-0.2, -0.15) is 11.8 Å². The number of hydrogen-bond donors (Lipinski definition) is 0. The Morgan fingerprint density at radius 1 is 1.41 bits per heavy atom. The van der Waals surface area contributed by atoms with Crippen LogP contribution in [0.4, 0.5) is 0 Å². The molecule has 0 N–H and O–H groups in total. The van der Waals surface area contributed by atoms with Gasteiger partial charge >= 0.3 is 0 Å². The first-order valence-corrected chi connectivity index (χ1v) is 9.20. The predicted molar refractivity (Wildman–Crippen MR) is 83.5 cm³/mol. The molecule has 0 aromatic carbocycles. The third kappa shape index (κ3) is 3.75. The molecular weight excluding hydrogens is 336 g/mol. The first-order valence-electron chi connectivity index (χ1n) is 5.60. The van der Waals surface area contributed by atoms with Crippen LogP contribution >= 0.6 is 50.8 Å². The first-order chi connectivity index (χ1) is 8.06. The highest BCUT2D eigenvalue weighted by Crippen LogP contribution is 2.36. The van der Waals surface area contributed by atoms with E-state index in [1.165, 1.54) is 4.88 Å². The zero-order valence-electron chi connectivity index (χ0n) is 9.81. The van der Waals surface area contributed by atoms with Crippen molar-refractivity contribution in [3.63, 3.8) is 0 Å². The molecule has 2 heterocycles. The quantitative estimate of drug-likeness (QED) is 0.811. The van der Waals surface area contributed by atoms with E-state index < -0.39 is 0 Å². The van der Waals surface area contributed by atoms with E-state index in [0.29, 0.717) is 22.7 Å². The van der Waals surface area contributed by atoms with Crippen LogP contribution in [0.2, 0.25) is 0 Å². The van der Waals surface area contributed by atoms with Crippen LogP contribution in [-0.4, -0.2) is 27.3 Å². The molecule has 3 unspecified atom stereocenters. The summed E-state index contributed by atoms with van der Waals surface area (Å²) in [5.74, 6) is 1.36. The Labute approximate surface area is 123 Å². The van der Waals surface area contributed by atoms with E-state index >= 15 is 0 Å². The molecule has 2 rings (SSSR count). The van der Waals surface area contributed by atoms with Crippen molar-refractivity contribution in [2.24, 2.45) is 0 Å². The molecular formula is C12H15BrOS3. The lowest BCUT2D eigenvalue weighted by Crippen LogP contribution is -2.32. The van der Waals surface area contributed by atoms with Crippen LogP contribution in [0, 0.1) is 0 Å². The molecule has 5 heteroatoms. The SMILES string of the molecule is CC1SCC(C(=O)Cc2ccc(Br)s2)SC1C. The highest BCUT2D eigenvalue weighted by Gasteiger charge is 2.30. The predicted octanol–water partition coefficient (Wildman–Crippen LogP) is 4.25. The van der Waals surface area contributed by atoms with Crippen LogP contribution in [0.25, 0.3) is 0 Å². The van der Waals surface area contributed by atoms with Crippen molar-refractivity contribution >= 4 is 56.6 Å². The molecule has 1 nitrogen and oxygen atoms in total. The van der Waals surface area contributed by atoms with Crippen LogP contribution in [0.3, 0.4) is 0 Å². The van der Waals surface area contributed by atoms with Crippen LogP contribution in [0.1, 0.15) is 18.7 Å². The largest absolute Gasteiger partial charge is 0.298 e. The van der Waals surface area contributed by atoms with Gasteiger partial charge in [-0.1, -0.05) is 13.8 Å². The van der Waals surface area contributed by atoms with E-state index in [4.69, 9.17) is 0 Å². The van der Waals surface area contributed by atoms with E-state index in [2.05, 4.69) is 29.8 Å². The summed E-state index contributed by atoms with van der Waals surface area (Å²) in [7, 11) is 0. The Balaban J connectivity index is 1.92. The molecule has 1 aliphatic heterocycles. The minimum absolute atomic E-state index is 0.187. The maximum atomic E-state index is 12.2. The van der Waals surface area contributed by atoms with Crippen molar-refractivity contribution in [2.45, 2.75) is 36.0 Å². The summed E-state index contributed by atoms with van der Waals surface area (Å²) in [5.41, 5.74) is 0. The van der Waals surface area contributed by atoms with Gasteiger partial charge in [-0.05, 0) is 28.1 Å². The van der Waals surface area contributed by atoms with Gasteiger partial charge in [0.25, 0.3) is 0 Å². The van der Waals surface area contributed by atoms with E-state index in [1.54, 1.807) is 11.3 Å². The maximum absolute atomic E-state index is 12.2. The molecule has 0 spiro atoms. The van der Waals surface area contributed by atoms with E-state index in [9.17, 15) is 4.79 Å². The second-order valence-electron chi connectivity index (χ2n) is 4.22. The Bertz CT molecular complexity index is 404. The number of ketones is 1. The summed E-state index contributed by atoms with van der Waals surface area (Å²) in [5, 5.41) is 1.43. The molecule has 94 valence electrons. The number of rotatable bonds is 3. The first kappa shape index (κ1) is 14.0. The maximum Gasteiger partial charge on any atom is 0.151 e. The Morgan fingerprint density at radius 3 is 2.76 bits per heavy atom. The van der Waals surface area contributed by atoms with Crippen LogP contribution in [0.15, 0.2) is 15.9 Å². The average Bonchev–Trinajstić information content (AvgIpc) is 2.68. The summed E-state index contributed by atoms with van der Waals surface area (Å²) in [6.07, 6.45) is 0.593. The van der Waals surface area contributed by atoms with Crippen molar-refractivity contribution < 1.29 is 4.79 Å². The summed E-state index contributed by atoms with van der Waals surface area (Å²) in [4.78, 5) is 13.4. The molecule has 1 saturated heterocycles. The van der Waals surface area contributed by atoms with Crippen molar-refractivity contribution in [3.05, 3.63) is 20.8 Å². The standard InChI is InChI=1S/C12H15BrOS3/c1-7-8(2)16-11(6-15-7)10(14)5-9-3-4-12(13)17-9/h3-4,7-8,11H,5-6H2,1-2H3. The van der Waals surface area contributed by atoms with Gasteiger partial charge in [0.15, 0.2) is 5.78 Å². The van der Waals surface area contributed by atoms with Gasteiger partial charge in [-0.3, -0.25) is 4.79 Å². The zero-order valence-corrected chi connectivity index (χ0v) is 13.8. The summed E-state index contributed by atoms with van der Waals surface area (Å²) in [6.45, 7) is 4.48. The van der Waals surface area contributed by atoms with E-state index in [1.807, 2.05) is 35.7 Å². The third-order valence-corrected chi connectivity index (χ3v) is 7.95. The fourth-order valence-corrected chi connectivity index (χ4v) is 6.07. The number of thiophene rings is 1. The van der Waals surface area contributed by atoms with Crippen molar-refractivity contribution in [3.8, 4) is 0 Å². The van der Waals surface area contributed by atoms with Gasteiger partial charge < -0.3 is 0 Å². The van der Waals surface area contributed by atoms with Crippen molar-refractivity contribution in [1.29, 1.82) is 0 Å². The van der Waals surface area contributed by atoms with Crippen LogP contribution < -0.4 is 0 Å². The molecule has 0 radical (unpaired) electrons. The van der Waals surface area contributed by atoms with Gasteiger partial charge in [0.05, 0.1) is 9.04 Å². The molecule has 0 bridgehead atoms. The van der Waals surface area contributed by atoms with Crippen LogP contribution in [-0.2, 0) is 11.2 Å². The highest BCUT2D eigenvalue weighted by molar-refractivity contribution is 9.11. The topological polar surface area (TPSA) is 17.1 Å². The molecule has 0 amide bonds. The van der Waals surface area contributed by atoms with E-state index in [0.717, 1.165) is 9.54 Å². The van der Waals surface area contributed by atoms with Gasteiger partial charge in [-0.15, -0.1) is 23.1 Å². The lowest BCUT2D eigenvalue weighted by Gasteiger charge is -2.30. The third-order valence-electron chi connectivity index (χ3n) is 2.89. The van der Waals surface area contributed by atoms with Gasteiger partial charge in [-0.25, -0.2) is 0 Å². The average molecular weight is 351 g/mol. The number of Topliss-reactive ketones (excluding diaryl/α,β-unsaturated/α-hetero) is 1. The number of hydrogen-bond acceptors (Lipinski definition) is 4. The van der Waals surface area contributed by atoms with Gasteiger partial charge in [0.1, 0.15) is 0 Å². The second-order valence-corrected chi connectivity index (χ2v) is 9.76. The highest BCUT2D eigenvalue weighted by atomic mass is 79.9. The Hall–Kier alpha value is 0.550. The Morgan fingerprint density at radius 2 is 2.18 bits per heavy atom. The summed E-state index contributed by atoms with van der Waals surface area (Å²) >= 11 is 8.88. The minimum Gasteiger partial charge on any atom is -0.298 e. The number of thioether (sulfide) groups is 2. The van der Waals surface area contributed by atoms with Gasteiger partial charge in [0, 0.05) is 27.6 Å². The monoisotopic (exact) mass is 350 g/mol. The molecule has 17 heavy (non-hydrogen) atoms. The Kier molecular flexibility index (Phi) is 5.04. The lowest BCUT2D eigenvalue weighted by molar-refractivity contribution is -0.117. The number of carbonyl (C=O) groups excluding carboxylic acids is 1. The fourth-order valence-electron chi connectivity index (χ4n) is 1.68. The smallest absolute Gasteiger partial charge is 0.151 e. The van der Waals surface area contributed by atoms with Crippen molar-refractivity contribution in [2.75, 3.05) is 5.75 Å². The second kappa shape index (κ2) is 6.13. The minimum atomic E-state index is 0.187. The number of halogens is 1. The molecule has 1 aliphatic rings. The van der Waals surface area contributed by atoms with Gasteiger partial charge in [0.2, 0.25) is 0 Å². The summed E-state index contributed by atoms with van der Waals surface area (Å²) in [6, 6.07) is 4.06. The molecule has 1 fully saturated rings. The van der Waals surface area contributed by atoms with Crippen molar-refractivity contribution in [1.82, 2.24) is 0 Å². The summed E-state index contributed by atoms with van der Waals surface area (Å²) < 4.78 is 1.10. The molecule has 1 aromatic heterocycles.